The first kappa shape index (κ1) is 31.0. The number of methoxy groups -OCH3 is 1. The fraction of sp³-hybridized carbons (Fsp3) is 0.333. The van der Waals surface area contributed by atoms with E-state index in [1.807, 2.05) is 45.0 Å². The Bertz CT molecular complexity index is 1410. The van der Waals surface area contributed by atoms with E-state index in [-0.39, 0.29) is 29.1 Å². The summed E-state index contributed by atoms with van der Waals surface area (Å²) in [4.78, 5) is 28.5. The second kappa shape index (κ2) is 13.7. The largest absolute Gasteiger partial charge is 0.497 e. The molecule has 0 aliphatic carbocycles. The molecule has 10 heteroatoms. The molecular weight excluding hydrogens is 550 g/mol. The summed E-state index contributed by atoms with van der Waals surface area (Å²) in [6.45, 7) is 7.05. The van der Waals surface area contributed by atoms with Crippen LogP contribution in [0.4, 0.5) is 5.69 Å². The monoisotopic (exact) mass is 585 g/mol. The maximum absolute atomic E-state index is 14.0. The van der Waals surface area contributed by atoms with Crippen molar-refractivity contribution in [2.45, 2.75) is 57.6 Å². The molecule has 0 fully saturated rings. The Balaban J connectivity index is 2.02. The predicted molar refractivity (Wildman–Crippen MR) is 158 cm³/mol. The number of ether oxygens (including phenoxy) is 1. The van der Waals surface area contributed by atoms with Gasteiger partial charge in [0.1, 0.15) is 18.3 Å². The van der Waals surface area contributed by atoms with Gasteiger partial charge in [0.05, 0.1) is 17.7 Å². The van der Waals surface area contributed by atoms with E-state index in [4.69, 9.17) is 16.3 Å². The number of aryl methyl sites for hydroxylation is 1. The zero-order valence-electron chi connectivity index (χ0n) is 23.4. The number of amides is 2. The van der Waals surface area contributed by atoms with Crippen LogP contribution in [0, 0.1) is 6.92 Å². The van der Waals surface area contributed by atoms with Crippen LogP contribution >= 0.6 is 11.6 Å². The van der Waals surface area contributed by atoms with Crippen LogP contribution in [0.2, 0.25) is 5.02 Å². The minimum atomic E-state index is -4.18. The SMILES string of the molecule is CC[C@H](C)NC(=O)[C@H](C)N(Cc1cccc(C)c1)C(=O)CN(c1ccc(Cl)cc1)S(=O)(=O)c1ccc(OC)cc1. The van der Waals surface area contributed by atoms with E-state index >= 15 is 0 Å². The van der Waals surface area contributed by atoms with Crippen molar-refractivity contribution in [1.29, 1.82) is 0 Å². The number of hydrogen-bond donors (Lipinski definition) is 1. The highest BCUT2D eigenvalue weighted by Gasteiger charge is 2.32. The van der Waals surface area contributed by atoms with Gasteiger partial charge in [0.25, 0.3) is 10.0 Å². The van der Waals surface area contributed by atoms with Crippen LogP contribution in [0.3, 0.4) is 0 Å². The van der Waals surface area contributed by atoms with Crippen molar-refractivity contribution in [1.82, 2.24) is 10.2 Å². The highest BCUT2D eigenvalue weighted by Crippen LogP contribution is 2.27. The Hall–Kier alpha value is -3.56. The van der Waals surface area contributed by atoms with Crippen LogP contribution in [0.25, 0.3) is 0 Å². The fourth-order valence-electron chi connectivity index (χ4n) is 4.07. The molecule has 0 heterocycles. The molecule has 0 saturated carbocycles. The van der Waals surface area contributed by atoms with Gasteiger partial charge in [-0.05, 0) is 81.3 Å². The number of carbonyl (C=O) groups is 2. The van der Waals surface area contributed by atoms with Gasteiger partial charge < -0.3 is 15.0 Å². The van der Waals surface area contributed by atoms with Crippen LogP contribution in [0.15, 0.2) is 77.7 Å². The molecule has 40 heavy (non-hydrogen) atoms. The summed E-state index contributed by atoms with van der Waals surface area (Å²) in [6, 6.07) is 18.8. The molecule has 0 aliphatic rings. The van der Waals surface area contributed by atoms with Gasteiger partial charge in [-0.25, -0.2) is 8.42 Å². The van der Waals surface area contributed by atoms with Crippen molar-refractivity contribution < 1.29 is 22.7 Å². The van der Waals surface area contributed by atoms with Crippen LogP contribution in [0.1, 0.15) is 38.3 Å². The number of halogens is 1. The van der Waals surface area contributed by atoms with E-state index in [1.165, 1.54) is 24.1 Å². The first-order valence-corrected chi connectivity index (χ1v) is 14.9. The van der Waals surface area contributed by atoms with Gasteiger partial charge in [-0.15, -0.1) is 0 Å². The van der Waals surface area contributed by atoms with Gasteiger partial charge in [-0.1, -0.05) is 48.4 Å². The standard InChI is InChI=1S/C30H36ClN3O5S/c1-6-22(3)32-30(36)23(4)33(19-24-9-7-8-21(2)18-24)29(35)20-34(26-12-10-25(31)11-13-26)40(37,38)28-16-14-27(39-5)15-17-28/h7-18,22-23H,6,19-20H2,1-5H3,(H,32,36)/t22-,23-/m0/s1. The van der Waals surface area contributed by atoms with Crippen molar-refractivity contribution in [3.63, 3.8) is 0 Å². The van der Waals surface area contributed by atoms with E-state index in [1.54, 1.807) is 43.3 Å². The third kappa shape index (κ3) is 7.76. The quantitative estimate of drug-likeness (QED) is 0.316. The summed E-state index contributed by atoms with van der Waals surface area (Å²) in [7, 11) is -2.69. The molecule has 0 aliphatic heterocycles. The highest BCUT2D eigenvalue weighted by molar-refractivity contribution is 7.92. The van der Waals surface area contributed by atoms with Crippen molar-refractivity contribution in [2.24, 2.45) is 0 Å². The molecule has 3 rings (SSSR count). The molecule has 3 aromatic carbocycles. The molecule has 2 amide bonds. The second-order valence-corrected chi connectivity index (χ2v) is 12.0. The molecule has 0 aromatic heterocycles. The summed E-state index contributed by atoms with van der Waals surface area (Å²) in [6.07, 6.45) is 0.731. The van der Waals surface area contributed by atoms with Crippen molar-refractivity contribution in [3.8, 4) is 5.75 Å². The third-order valence-electron chi connectivity index (χ3n) is 6.64. The zero-order valence-corrected chi connectivity index (χ0v) is 25.0. The van der Waals surface area contributed by atoms with E-state index in [0.29, 0.717) is 10.8 Å². The Kier molecular flexibility index (Phi) is 10.6. The molecule has 1 N–H and O–H groups in total. The number of benzene rings is 3. The summed E-state index contributed by atoms with van der Waals surface area (Å²) in [5, 5.41) is 3.35. The molecular formula is C30H36ClN3O5S. The molecule has 8 nitrogen and oxygen atoms in total. The van der Waals surface area contributed by atoms with Gasteiger partial charge in [0.2, 0.25) is 11.8 Å². The molecule has 0 bridgehead atoms. The Morgan fingerprint density at radius 3 is 2.23 bits per heavy atom. The van der Waals surface area contributed by atoms with Gasteiger partial charge in [0, 0.05) is 17.6 Å². The molecule has 0 unspecified atom stereocenters. The first-order valence-electron chi connectivity index (χ1n) is 13.0. The van der Waals surface area contributed by atoms with Crippen molar-refractivity contribution in [3.05, 3.63) is 88.9 Å². The zero-order chi connectivity index (χ0) is 29.4. The summed E-state index contributed by atoms with van der Waals surface area (Å²) in [5.41, 5.74) is 2.10. The van der Waals surface area contributed by atoms with E-state index in [0.717, 1.165) is 21.9 Å². The summed E-state index contributed by atoms with van der Waals surface area (Å²) >= 11 is 6.07. The topological polar surface area (TPSA) is 96.0 Å². The summed E-state index contributed by atoms with van der Waals surface area (Å²) < 4.78 is 33.9. The minimum Gasteiger partial charge on any atom is -0.497 e. The average Bonchev–Trinajstić information content (AvgIpc) is 2.94. The lowest BCUT2D eigenvalue weighted by molar-refractivity contribution is -0.139. The second-order valence-electron chi connectivity index (χ2n) is 9.67. The van der Waals surface area contributed by atoms with Crippen LogP contribution in [-0.4, -0.2) is 50.9 Å². The van der Waals surface area contributed by atoms with Gasteiger partial charge in [0.15, 0.2) is 0 Å². The van der Waals surface area contributed by atoms with Crippen LogP contribution < -0.4 is 14.4 Å². The van der Waals surface area contributed by atoms with Crippen molar-refractivity contribution >= 4 is 39.1 Å². The predicted octanol–water partition coefficient (Wildman–Crippen LogP) is 5.18. The number of sulfonamides is 1. The molecule has 0 radical (unpaired) electrons. The number of nitrogens with zero attached hydrogens (tertiary/aromatic N) is 2. The highest BCUT2D eigenvalue weighted by atomic mass is 35.5. The minimum absolute atomic E-state index is 0.0103. The molecule has 2 atom stereocenters. The Morgan fingerprint density at radius 2 is 1.65 bits per heavy atom. The number of carbonyl (C=O) groups excluding carboxylic acids is 2. The van der Waals surface area contributed by atoms with E-state index in [2.05, 4.69) is 5.32 Å². The lowest BCUT2D eigenvalue weighted by atomic mass is 10.1. The number of anilines is 1. The average molecular weight is 586 g/mol. The normalized spacial score (nSPS) is 12.8. The summed E-state index contributed by atoms with van der Waals surface area (Å²) in [5.74, 6) is -0.342. The number of hydrogen-bond acceptors (Lipinski definition) is 5. The third-order valence-corrected chi connectivity index (χ3v) is 8.68. The van der Waals surface area contributed by atoms with E-state index < -0.39 is 28.5 Å². The lowest BCUT2D eigenvalue weighted by Gasteiger charge is -2.32. The van der Waals surface area contributed by atoms with Gasteiger partial charge >= 0.3 is 0 Å². The maximum Gasteiger partial charge on any atom is 0.264 e. The smallest absolute Gasteiger partial charge is 0.264 e. The van der Waals surface area contributed by atoms with E-state index in [9.17, 15) is 18.0 Å². The Labute approximate surface area is 241 Å². The molecule has 214 valence electrons. The van der Waals surface area contributed by atoms with Crippen LogP contribution in [0.5, 0.6) is 5.75 Å². The first-order chi connectivity index (χ1) is 19.0. The number of nitrogens with one attached hydrogen (secondary N) is 1. The van der Waals surface area contributed by atoms with Gasteiger partial charge in [-0.3, -0.25) is 13.9 Å². The maximum atomic E-state index is 14.0. The molecule has 0 spiro atoms. The fourth-order valence-corrected chi connectivity index (χ4v) is 5.61. The Morgan fingerprint density at radius 1 is 1.00 bits per heavy atom. The van der Waals surface area contributed by atoms with Gasteiger partial charge in [-0.2, -0.15) is 0 Å². The van der Waals surface area contributed by atoms with Crippen LogP contribution in [-0.2, 0) is 26.2 Å². The molecule has 3 aromatic rings. The number of rotatable bonds is 12. The lowest BCUT2D eigenvalue weighted by Crippen LogP contribution is -2.52. The molecule has 0 saturated heterocycles. The van der Waals surface area contributed by atoms with Crippen molar-refractivity contribution in [2.75, 3.05) is 18.0 Å².